The molecule has 4 atom stereocenters. The molecule has 2 aliphatic carbocycles. The quantitative estimate of drug-likeness (QED) is 0.677. The minimum atomic E-state index is -0.915. The third-order valence-electron chi connectivity index (χ3n) is 5.09. The molecule has 4 rings (SSSR count). The number of likely N-dealkylation sites (tertiary alicyclic amines) is 1. The van der Waals surface area contributed by atoms with Crippen LogP contribution in [-0.4, -0.2) is 29.2 Å². The summed E-state index contributed by atoms with van der Waals surface area (Å²) in [6, 6.07) is 3.20. The van der Waals surface area contributed by atoms with Crippen LogP contribution in [0.2, 0.25) is 0 Å². The summed E-state index contributed by atoms with van der Waals surface area (Å²) < 4.78 is 27.1. The number of carbonyl (C=O) groups excluding carboxylic acids is 3. The molecule has 0 radical (unpaired) electrons. The van der Waals surface area contributed by atoms with Crippen LogP contribution >= 0.6 is 0 Å². The third kappa shape index (κ3) is 2.07. The molecule has 2 bridgehead atoms. The number of amides is 3. The van der Waals surface area contributed by atoms with Crippen LogP contribution < -0.4 is 5.32 Å². The highest BCUT2D eigenvalue weighted by Gasteiger charge is 2.59. The van der Waals surface area contributed by atoms with Gasteiger partial charge in [0.25, 0.3) is 0 Å². The maximum Gasteiger partial charge on any atom is 0.244 e. The molecule has 0 aromatic heterocycles. The van der Waals surface area contributed by atoms with E-state index in [4.69, 9.17) is 0 Å². The molecule has 5 nitrogen and oxygen atoms in total. The average molecular weight is 332 g/mol. The van der Waals surface area contributed by atoms with Crippen LogP contribution in [0.3, 0.4) is 0 Å². The molecule has 1 aromatic carbocycles. The molecular formula is C17H14F2N2O3. The van der Waals surface area contributed by atoms with Gasteiger partial charge in [0, 0.05) is 0 Å². The Balaban J connectivity index is 1.49. The molecule has 4 unspecified atom stereocenters. The van der Waals surface area contributed by atoms with Crippen molar-refractivity contribution in [1.29, 1.82) is 0 Å². The predicted molar refractivity (Wildman–Crippen MR) is 79.4 cm³/mol. The second kappa shape index (κ2) is 5.22. The zero-order valence-corrected chi connectivity index (χ0v) is 12.5. The molecule has 1 saturated heterocycles. The lowest BCUT2D eigenvalue weighted by atomic mass is 9.85. The second-order valence-corrected chi connectivity index (χ2v) is 6.41. The van der Waals surface area contributed by atoms with Gasteiger partial charge in [-0.2, -0.15) is 0 Å². The van der Waals surface area contributed by atoms with Gasteiger partial charge in [0.2, 0.25) is 17.7 Å². The summed E-state index contributed by atoms with van der Waals surface area (Å²) in [4.78, 5) is 37.9. The maximum absolute atomic E-state index is 13.6. The standard InChI is InChI=1S/C17H14F2N2O3/c18-10-2-1-3-11(19)15(10)20-12(22)7-21-16(23)13-8-4-5-9(6-8)14(13)17(21)24/h1-5,8-9,13-14H,6-7H2,(H,20,22). The fourth-order valence-electron chi connectivity index (χ4n) is 4.06. The SMILES string of the molecule is O=C(CN1C(=O)C2C3C=CC(C3)C2C1=O)Nc1c(F)cccc1F. The Labute approximate surface area is 136 Å². The van der Waals surface area contributed by atoms with Crippen molar-refractivity contribution in [1.82, 2.24) is 4.90 Å². The van der Waals surface area contributed by atoms with Gasteiger partial charge in [-0.05, 0) is 30.4 Å². The number of benzene rings is 1. The van der Waals surface area contributed by atoms with Crippen molar-refractivity contribution in [3.8, 4) is 0 Å². The fraction of sp³-hybridized carbons (Fsp3) is 0.353. The summed E-state index contributed by atoms with van der Waals surface area (Å²) in [6.07, 6.45) is 4.71. The number of allylic oxidation sites excluding steroid dienone is 2. The van der Waals surface area contributed by atoms with Gasteiger partial charge in [0.05, 0.1) is 11.8 Å². The van der Waals surface area contributed by atoms with Gasteiger partial charge in [-0.25, -0.2) is 8.78 Å². The van der Waals surface area contributed by atoms with E-state index in [0.717, 1.165) is 23.5 Å². The number of halogens is 2. The molecule has 0 spiro atoms. The van der Waals surface area contributed by atoms with E-state index in [9.17, 15) is 23.2 Å². The molecule has 1 saturated carbocycles. The number of nitrogens with zero attached hydrogens (tertiary/aromatic N) is 1. The van der Waals surface area contributed by atoms with Crippen LogP contribution in [0.25, 0.3) is 0 Å². The maximum atomic E-state index is 13.6. The van der Waals surface area contributed by atoms with E-state index in [1.165, 1.54) is 6.07 Å². The summed E-state index contributed by atoms with van der Waals surface area (Å²) in [5.74, 6) is -4.07. The summed E-state index contributed by atoms with van der Waals surface area (Å²) in [5.41, 5.74) is -0.580. The Morgan fingerprint density at radius 3 is 2.17 bits per heavy atom. The number of imide groups is 1. The van der Waals surface area contributed by atoms with Crippen molar-refractivity contribution in [2.45, 2.75) is 6.42 Å². The lowest BCUT2D eigenvalue weighted by molar-refractivity contribution is -0.143. The van der Waals surface area contributed by atoms with Crippen molar-refractivity contribution in [2.24, 2.45) is 23.7 Å². The van der Waals surface area contributed by atoms with Crippen LogP contribution in [0, 0.1) is 35.3 Å². The molecule has 2 fully saturated rings. The minimum Gasteiger partial charge on any atom is -0.320 e. The first-order chi connectivity index (χ1) is 11.5. The van der Waals surface area contributed by atoms with Crippen molar-refractivity contribution in [3.05, 3.63) is 42.0 Å². The molecule has 3 amide bonds. The van der Waals surface area contributed by atoms with E-state index < -0.39 is 41.6 Å². The van der Waals surface area contributed by atoms with Crippen LogP contribution in [0.5, 0.6) is 0 Å². The number of anilines is 1. The van der Waals surface area contributed by atoms with Gasteiger partial charge < -0.3 is 5.32 Å². The zero-order valence-electron chi connectivity index (χ0n) is 12.5. The van der Waals surface area contributed by atoms with Gasteiger partial charge in [-0.3, -0.25) is 19.3 Å². The van der Waals surface area contributed by atoms with Gasteiger partial charge in [-0.15, -0.1) is 0 Å². The van der Waals surface area contributed by atoms with Crippen LogP contribution in [-0.2, 0) is 14.4 Å². The van der Waals surface area contributed by atoms with E-state index in [2.05, 4.69) is 5.32 Å². The largest absolute Gasteiger partial charge is 0.320 e. The molecule has 1 aliphatic heterocycles. The first-order valence-electron chi connectivity index (χ1n) is 7.75. The average Bonchev–Trinajstić information content (AvgIpc) is 3.21. The van der Waals surface area contributed by atoms with Gasteiger partial charge in [0.1, 0.15) is 23.9 Å². The minimum absolute atomic E-state index is 0.0496. The highest BCUT2D eigenvalue weighted by Crippen LogP contribution is 2.52. The number of hydrogen-bond acceptors (Lipinski definition) is 3. The highest BCUT2D eigenvalue weighted by molar-refractivity contribution is 6.09. The third-order valence-corrected chi connectivity index (χ3v) is 5.09. The number of hydrogen-bond donors (Lipinski definition) is 1. The van der Waals surface area contributed by atoms with Crippen molar-refractivity contribution in [2.75, 3.05) is 11.9 Å². The molecular weight excluding hydrogens is 318 g/mol. The molecule has 1 aromatic rings. The molecule has 3 aliphatic rings. The Kier molecular flexibility index (Phi) is 3.26. The first kappa shape index (κ1) is 15.0. The number of fused-ring (bicyclic) bond motifs is 5. The smallest absolute Gasteiger partial charge is 0.244 e. The van der Waals surface area contributed by atoms with E-state index in [-0.39, 0.29) is 23.7 Å². The molecule has 24 heavy (non-hydrogen) atoms. The van der Waals surface area contributed by atoms with Crippen LogP contribution in [0.15, 0.2) is 30.4 Å². The monoisotopic (exact) mass is 332 g/mol. The summed E-state index contributed by atoms with van der Waals surface area (Å²) >= 11 is 0. The Morgan fingerprint density at radius 1 is 1.08 bits per heavy atom. The molecule has 124 valence electrons. The van der Waals surface area contributed by atoms with E-state index in [1.807, 2.05) is 12.2 Å². The van der Waals surface area contributed by atoms with Crippen LogP contribution in [0.1, 0.15) is 6.42 Å². The van der Waals surface area contributed by atoms with E-state index >= 15 is 0 Å². The second-order valence-electron chi connectivity index (χ2n) is 6.41. The molecule has 1 N–H and O–H groups in total. The van der Waals surface area contributed by atoms with Crippen LogP contribution in [0.4, 0.5) is 14.5 Å². The first-order valence-corrected chi connectivity index (χ1v) is 7.75. The van der Waals surface area contributed by atoms with Crippen molar-refractivity contribution >= 4 is 23.4 Å². The Bertz CT molecular complexity index is 742. The normalized spacial score (nSPS) is 30.2. The number of nitrogens with one attached hydrogen (secondary N) is 1. The number of carbonyl (C=O) groups is 3. The Morgan fingerprint density at radius 2 is 1.62 bits per heavy atom. The summed E-state index contributed by atoms with van der Waals surface area (Å²) in [7, 11) is 0. The number of para-hydroxylation sites is 1. The summed E-state index contributed by atoms with van der Waals surface area (Å²) in [5, 5.41) is 2.10. The Hall–Kier alpha value is -2.57. The van der Waals surface area contributed by atoms with Gasteiger partial charge in [-0.1, -0.05) is 18.2 Å². The van der Waals surface area contributed by atoms with Gasteiger partial charge in [0.15, 0.2) is 0 Å². The lowest BCUT2D eigenvalue weighted by Crippen LogP contribution is -2.39. The predicted octanol–water partition coefficient (Wildman–Crippen LogP) is 1.71. The van der Waals surface area contributed by atoms with Crippen molar-refractivity contribution < 1.29 is 23.2 Å². The summed E-state index contributed by atoms with van der Waals surface area (Å²) in [6.45, 7) is -0.530. The number of rotatable bonds is 3. The van der Waals surface area contributed by atoms with E-state index in [0.29, 0.717) is 0 Å². The molecule has 7 heteroatoms. The lowest BCUT2D eigenvalue weighted by Gasteiger charge is -2.17. The zero-order chi connectivity index (χ0) is 17.0. The fourth-order valence-corrected chi connectivity index (χ4v) is 4.06. The van der Waals surface area contributed by atoms with E-state index in [1.54, 1.807) is 0 Å². The van der Waals surface area contributed by atoms with Gasteiger partial charge >= 0.3 is 0 Å². The highest BCUT2D eigenvalue weighted by atomic mass is 19.1. The topological polar surface area (TPSA) is 66.5 Å². The van der Waals surface area contributed by atoms with Crippen molar-refractivity contribution in [3.63, 3.8) is 0 Å². The molecule has 1 heterocycles.